The molecule has 158 valence electrons. The molecule has 1 atom stereocenters. The summed E-state index contributed by atoms with van der Waals surface area (Å²) in [6.07, 6.45) is 0.932. The number of likely N-dealkylation sites (N-methyl/N-ethyl adjacent to an activating group) is 1. The Hall–Kier alpha value is -2.64. The molecule has 6 nitrogen and oxygen atoms in total. The predicted octanol–water partition coefficient (Wildman–Crippen LogP) is 4.09. The summed E-state index contributed by atoms with van der Waals surface area (Å²) >= 11 is 11.4. The quantitative estimate of drug-likeness (QED) is 0.620. The Morgan fingerprint density at radius 3 is 2.47 bits per heavy atom. The van der Waals surface area contributed by atoms with Gasteiger partial charge in [-0.25, -0.2) is 0 Å². The Bertz CT molecular complexity index is 918. The van der Waals surface area contributed by atoms with E-state index in [4.69, 9.17) is 28.6 Å². The summed E-state index contributed by atoms with van der Waals surface area (Å²) in [5.41, 5.74) is 1.60. The van der Waals surface area contributed by atoms with Gasteiger partial charge in [0.25, 0.3) is 5.91 Å². The SMILES string of the molecule is CCCOc1ccc(NC(=O)CC2C(=O)N(C)C(=S)N2Cc2ccc(Cl)cc2)cc1. The van der Waals surface area contributed by atoms with E-state index in [1.807, 2.05) is 31.2 Å². The van der Waals surface area contributed by atoms with Crippen LogP contribution in [0.25, 0.3) is 0 Å². The van der Waals surface area contributed by atoms with Crippen LogP contribution < -0.4 is 10.1 Å². The number of rotatable bonds is 8. The fourth-order valence-electron chi connectivity index (χ4n) is 3.18. The molecule has 1 aliphatic rings. The summed E-state index contributed by atoms with van der Waals surface area (Å²) in [5, 5.41) is 3.89. The van der Waals surface area contributed by atoms with Crippen LogP contribution in [-0.4, -0.2) is 46.4 Å². The van der Waals surface area contributed by atoms with Gasteiger partial charge in [-0.3, -0.25) is 14.5 Å². The van der Waals surface area contributed by atoms with Crippen molar-refractivity contribution >= 4 is 46.4 Å². The van der Waals surface area contributed by atoms with Crippen LogP contribution in [0, 0.1) is 0 Å². The average Bonchev–Trinajstić information content (AvgIpc) is 2.93. The number of amides is 2. The molecule has 0 bridgehead atoms. The smallest absolute Gasteiger partial charge is 0.251 e. The Kier molecular flexibility index (Phi) is 7.29. The van der Waals surface area contributed by atoms with E-state index in [2.05, 4.69) is 5.32 Å². The molecule has 0 radical (unpaired) electrons. The standard InChI is InChI=1S/C22H24ClN3O3S/c1-3-12-29-18-10-8-17(9-11-18)24-20(27)13-19-21(28)25(2)22(30)26(19)14-15-4-6-16(23)7-5-15/h4-11,19H,3,12-14H2,1-2H3,(H,24,27). The molecule has 0 saturated carbocycles. The lowest BCUT2D eigenvalue weighted by molar-refractivity contribution is -0.130. The maximum Gasteiger partial charge on any atom is 0.251 e. The Balaban J connectivity index is 1.66. The van der Waals surface area contributed by atoms with Crippen molar-refractivity contribution in [3.05, 3.63) is 59.1 Å². The van der Waals surface area contributed by atoms with Crippen molar-refractivity contribution in [2.45, 2.75) is 32.4 Å². The van der Waals surface area contributed by atoms with Gasteiger partial charge in [-0.2, -0.15) is 0 Å². The summed E-state index contributed by atoms with van der Waals surface area (Å²) in [6.45, 7) is 3.11. The van der Waals surface area contributed by atoms with Gasteiger partial charge >= 0.3 is 0 Å². The maximum atomic E-state index is 12.7. The molecule has 1 fully saturated rings. The van der Waals surface area contributed by atoms with Crippen molar-refractivity contribution in [3.8, 4) is 5.75 Å². The lowest BCUT2D eigenvalue weighted by Gasteiger charge is -2.23. The number of nitrogens with one attached hydrogen (secondary N) is 1. The predicted molar refractivity (Wildman–Crippen MR) is 122 cm³/mol. The number of carbonyl (C=O) groups excluding carboxylic acids is 2. The van der Waals surface area contributed by atoms with Crippen molar-refractivity contribution in [2.24, 2.45) is 0 Å². The van der Waals surface area contributed by atoms with Crippen molar-refractivity contribution in [2.75, 3.05) is 19.0 Å². The van der Waals surface area contributed by atoms with Gasteiger partial charge in [0, 0.05) is 24.3 Å². The van der Waals surface area contributed by atoms with E-state index >= 15 is 0 Å². The summed E-state index contributed by atoms with van der Waals surface area (Å²) in [4.78, 5) is 28.5. The molecule has 1 heterocycles. The monoisotopic (exact) mass is 445 g/mol. The van der Waals surface area contributed by atoms with Gasteiger partial charge in [0.2, 0.25) is 5.91 Å². The maximum absolute atomic E-state index is 12.7. The Labute approximate surface area is 186 Å². The molecular weight excluding hydrogens is 422 g/mol. The van der Waals surface area contributed by atoms with Crippen molar-refractivity contribution in [1.29, 1.82) is 0 Å². The minimum atomic E-state index is -0.648. The molecule has 1 saturated heterocycles. The van der Waals surface area contributed by atoms with Crippen LogP contribution >= 0.6 is 23.8 Å². The summed E-state index contributed by atoms with van der Waals surface area (Å²) in [7, 11) is 1.63. The second-order valence-electron chi connectivity index (χ2n) is 7.08. The molecule has 0 spiro atoms. The first-order valence-electron chi connectivity index (χ1n) is 9.74. The molecule has 0 aromatic heterocycles. The topological polar surface area (TPSA) is 61.9 Å². The van der Waals surface area contributed by atoms with Crippen molar-refractivity contribution in [1.82, 2.24) is 9.80 Å². The van der Waals surface area contributed by atoms with Crippen LogP contribution in [0.3, 0.4) is 0 Å². The van der Waals surface area contributed by atoms with Crippen LogP contribution in [-0.2, 0) is 16.1 Å². The summed E-state index contributed by atoms with van der Waals surface area (Å²) < 4.78 is 5.55. The number of carbonyl (C=O) groups is 2. The van der Waals surface area contributed by atoms with Crippen molar-refractivity contribution < 1.29 is 14.3 Å². The Morgan fingerprint density at radius 1 is 1.17 bits per heavy atom. The van der Waals surface area contributed by atoms with Crippen LogP contribution in [0.15, 0.2) is 48.5 Å². The molecule has 1 unspecified atom stereocenters. The number of benzene rings is 2. The molecule has 0 aliphatic carbocycles. The zero-order valence-corrected chi connectivity index (χ0v) is 18.5. The molecule has 2 aromatic carbocycles. The fraction of sp³-hybridized carbons (Fsp3) is 0.318. The van der Waals surface area contributed by atoms with Gasteiger partial charge in [0.1, 0.15) is 11.8 Å². The third kappa shape index (κ3) is 5.29. The van der Waals surface area contributed by atoms with Crippen LogP contribution in [0.5, 0.6) is 5.75 Å². The van der Waals surface area contributed by atoms with E-state index in [0.29, 0.717) is 29.0 Å². The third-order valence-corrected chi connectivity index (χ3v) is 5.54. The van der Waals surface area contributed by atoms with E-state index in [1.165, 1.54) is 4.90 Å². The highest BCUT2D eigenvalue weighted by molar-refractivity contribution is 7.80. The van der Waals surface area contributed by atoms with E-state index in [-0.39, 0.29) is 18.2 Å². The van der Waals surface area contributed by atoms with Gasteiger partial charge in [-0.05, 0) is 60.6 Å². The number of hydrogen-bond donors (Lipinski definition) is 1. The molecule has 30 heavy (non-hydrogen) atoms. The van der Waals surface area contributed by atoms with Crippen molar-refractivity contribution in [3.63, 3.8) is 0 Å². The summed E-state index contributed by atoms with van der Waals surface area (Å²) in [5.74, 6) is 0.309. The zero-order chi connectivity index (χ0) is 21.7. The average molecular weight is 446 g/mol. The van der Waals surface area contributed by atoms with Gasteiger partial charge in [0.15, 0.2) is 5.11 Å². The van der Waals surface area contributed by atoms with Gasteiger partial charge in [-0.15, -0.1) is 0 Å². The molecule has 8 heteroatoms. The third-order valence-electron chi connectivity index (χ3n) is 4.78. The summed E-state index contributed by atoms with van der Waals surface area (Å²) in [6, 6.07) is 13.9. The molecule has 1 N–H and O–H groups in total. The van der Waals surface area contributed by atoms with Gasteiger partial charge < -0.3 is 15.0 Å². The van der Waals surface area contributed by atoms with E-state index in [1.54, 1.807) is 36.2 Å². The normalized spacial score (nSPS) is 16.2. The first-order valence-corrected chi connectivity index (χ1v) is 10.5. The first-order chi connectivity index (χ1) is 14.4. The number of nitrogens with zero attached hydrogens (tertiary/aromatic N) is 2. The molecule has 2 aromatic rings. The second-order valence-corrected chi connectivity index (χ2v) is 7.88. The molecule has 1 aliphatic heterocycles. The number of halogens is 1. The van der Waals surface area contributed by atoms with Gasteiger partial charge in [-0.1, -0.05) is 30.7 Å². The van der Waals surface area contributed by atoms with E-state index in [0.717, 1.165) is 17.7 Å². The number of thiocarbonyl (C=S) groups is 1. The zero-order valence-electron chi connectivity index (χ0n) is 16.9. The lowest BCUT2D eigenvalue weighted by Crippen LogP contribution is -2.37. The van der Waals surface area contributed by atoms with Crippen LogP contribution in [0.1, 0.15) is 25.3 Å². The number of anilines is 1. The van der Waals surface area contributed by atoms with Crippen LogP contribution in [0.2, 0.25) is 5.02 Å². The fourth-order valence-corrected chi connectivity index (χ4v) is 3.59. The molecule has 2 amide bonds. The second kappa shape index (κ2) is 9.91. The largest absolute Gasteiger partial charge is 0.494 e. The molecular formula is C22H24ClN3O3S. The number of ether oxygens (including phenoxy) is 1. The highest BCUT2D eigenvalue weighted by atomic mass is 35.5. The first kappa shape index (κ1) is 22.1. The highest BCUT2D eigenvalue weighted by Gasteiger charge is 2.41. The van der Waals surface area contributed by atoms with Gasteiger partial charge in [0.05, 0.1) is 13.0 Å². The Morgan fingerprint density at radius 2 is 1.83 bits per heavy atom. The minimum Gasteiger partial charge on any atom is -0.494 e. The highest BCUT2D eigenvalue weighted by Crippen LogP contribution is 2.24. The minimum absolute atomic E-state index is 0.00495. The lowest BCUT2D eigenvalue weighted by atomic mass is 10.1. The van der Waals surface area contributed by atoms with E-state index < -0.39 is 6.04 Å². The number of hydrogen-bond acceptors (Lipinski definition) is 4. The van der Waals surface area contributed by atoms with E-state index in [9.17, 15) is 9.59 Å². The van der Waals surface area contributed by atoms with Crippen LogP contribution in [0.4, 0.5) is 5.69 Å². The molecule has 3 rings (SSSR count).